The Bertz CT molecular complexity index is 420. The lowest BCUT2D eigenvalue weighted by molar-refractivity contribution is 0.319. The Morgan fingerprint density at radius 3 is 2.47 bits per heavy atom. The fraction of sp³-hybridized carbons (Fsp3) is 0.647. The number of hydrogen-bond donors (Lipinski definition) is 2. The first-order valence-corrected chi connectivity index (χ1v) is 7.67. The Morgan fingerprint density at radius 2 is 1.84 bits per heavy atom. The lowest BCUT2D eigenvalue weighted by atomic mass is 9.83. The number of phenols is 1. The van der Waals surface area contributed by atoms with Gasteiger partial charge in [-0.2, -0.15) is 0 Å². The highest BCUT2D eigenvalue weighted by atomic mass is 16.3. The standard InChI is InChI=1S/C17H27NO/c1-4-5-14-7-9-15(10-8-14)18-16-11-6-12(2)17(19)13(16)3/h6,11,14-15,18-19H,4-5,7-10H2,1-3H3. The zero-order valence-corrected chi connectivity index (χ0v) is 12.5. The average Bonchev–Trinajstić information content (AvgIpc) is 2.42. The largest absolute Gasteiger partial charge is 0.507 e. The molecule has 1 aliphatic carbocycles. The highest BCUT2D eigenvalue weighted by molar-refractivity contribution is 5.59. The number of phenolic OH excluding ortho intramolecular Hbond substituents is 1. The second kappa shape index (κ2) is 6.31. The molecule has 1 aromatic rings. The third-order valence-electron chi connectivity index (χ3n) is 4.54. The third kappa shape index (κ3) is 3.43. The summed E-state index contributed by atoms with van der Waals surface area (Å²) in [7, 11) is 0. The molecule has 19 heavy (non-hydrogen) atoms. The van der Waals surface area contributed by atoms with Crippen LogP contribution < -0.4 is 5.32 Å². The maximum Gasteiger partial charge on any atom is 0.123 e. The quantitative estimate of drug-likeness (QED) is 0.817. The molecule has 0 heterocycles. The Kier molecular flexibility index (Phi) is 4.73. The summed E-state index contributed by atoms with van der Waals surface area (Å²) in [6, 6.07) is 4.67. The average molecular weight is 261 g/mol. The zero-order chi connectivity index (χ0) is 13.8. The maximum absolute atomic E-state index is 9.99. The number of aromatic hydroxyl groups is 1. The molecule has 106 valence electrons. The zero-order valence-electron chi connectivity index (χ0n) is 12.5. The molecule has 2 heteroatoms. The molecule has 1 saturated carbocycles. The van der Waals surface area contributed by atoms with Gasteiger partial charge in [-0.15, -0.1) is 0 Å². The van der Waals surface area contributed by atoms with Crippen LogP contribution in [-0.4, -0.2) is 11.1 Å². The molecule has 0 amide bonds. The number of benzene rings is 1. The van der Waals surface area contributed by atoms with Gasteiger partial charge in [-0.3, -0.25) is 0 Å². The molecule has 0 aliphatic heterocycles. The number of rotatable bonds is 4. The summed E-state index contributed by atoms with van der Waals surface area (Å²) in [4.78, 5) is 0. The predicted octanol–water partition coefficient (Wildman–Crippen LogP) is 4.78. The van der Waals surface area contributed by atoms with Crippen molar-refractivity contribution >= 4 is 5.69 Å². The van der Waals surface area contributed by atoms with Crippen LogP contribution in [-0.2, 0) is 0 Å². The number of anilines is 1. The molecular formula is C17H27NO. The van der Waals surface area contributed by atoms with Gasteiger partial charge < -0.3 is 10.4 Å². The van der Waals surface area contributed by atoms with E-state index in [1.165, 1.54) is 38.5 Å². The van der Waals surface area contributed by atoms with Crippen LogP contribution in [0, 0.1) is 19.8 Å². The van der Waals surface area contributed by atoms with Gasteiger partial charge >= 0.3 is 0 Å². The van der Waals surface area contributed by atoms with E-state index in [-0.39, 0.29) is 0 Å². The van der Waals surface area contributed by atoms with Gasteiger partial charge in [0.05, 0.1) is 0 Å². The fourth-order valence-electron chi connectivity index (χ4n) is 3.22. The molecule has 0 atom stereocenters. The minimum Gasteiger partial charge on any atom is -0.507 e. The van der Waals surface area contributed by atoms with Gasteiger partial charge in [0.1, 0.15) is 5.75 Å². The Hall–Kier alpha value is -1.18. The molecule has 2 nitrogen and oxygen atoms in total. The molecule has 1 aliphatic rings. The van der Waals surface area contributed by atoms with Crippen molar-refractivity contribution in [2.45, 2.75) is 65.3 Å². The monoisotopic (exact) mass is 261 g/mol. The van der Waals surface area contributed by atoms with Gasteiger partial charge in [-0.1, -0.05) is 25.8 Å². The van der Waals surface area contributed by atoms with E-state index in [1.54, 1.807) is 0 Å². The molecule has 1 fully saturated rings. The smallest absolute Gasteiger partial charge is 0.123 e. The minimum atomic E-state index is 0.435. The van der Waals surface area contributed by atoms with Crippen molar-refractivity contribution in [1.29, 1.82) is 0 Å². The summed E-state index contributed by atoms with van der Waals surface area (Å²) in [6.07, 6.45) is 7.92. The molecule has 0 saturated heterocycles. The predicted molar refractivity (Wildman–Crippen MR) is 81.9 cm³/mol. The van der Waals surface area contributed by atoms with E-state index in [1.807, 2.05) is 19.9 Å². The summed E-state index contributed by atoms with van der Waals surface area (Å²) in [6.45, 7) is 6.22. The maximum atomic E-state index is 9.99. The molecule has 0 radical (unpaired) electrons. The fourth-order valence-corrected chi connectivity index (χ4v) is 3.22. The van der Waals surface area contributed by atoms with Gasteiger partial charge in [0.2, 0.25) is 0 Å². The Labute approximate surface area is 117 Å². The van der Waals surface area contributed by atoms with Gasteiger partial charge in [-0.25, -0.2) is 0 Å². The van der Waals surface area contributed by atoms with E-state index in [9.17, 15) is 5.11 Å². The van der Waals surface area contributed by atoms with Gasteiger partial charge in [0, 0.05) is 17.3 Å². The summed E-state index contributed by atoms with van der Waals surface area (Å²) < 4.78 is 0. The van der Waals surface area contributed by atoms with Crippen LogP contribution in [0.1, 0.15) is 56.6 Å². The van der Waals surface area contributed by atoms with Crippen molar-refractivity contribution in [2.75, 3.05) is 5.32 Å². The second-order valence-electron chi connectivity index (χ2n) is 6.05. The molecule has 0 spiro atoms. The Morgan fingerprint density at radius 1 is 1.16 bits per heavy atom. The van der Waals surface area contributed by atoms with Crippen LogP contribution >= 0.6 is 0 Å². The van der Waals surface area contributed by atoms with Crippen molar-refractivity contribution in [3.8, 4) is 5.75 Å². The van der Waals surface area contributed by atoms with Crippen molar-refractivity contribution in [2.24, 2.45) is 5.92 Å². The van der Waals surface area contributed by atoms with Gasteiger partial charge in [-0.05, 0) is 57.1 Å². The van der Waals surface area contributed by atoms with Crippen molar-refractivity contribution in [1.82, 2.24) is 0 Å². The molecule has 1 aromatic carbocycles. The molecule has 2 rings (SSSR count). The van der Waals surface area contributed by atoms with E-state index in [0.29, 0.717) is 11.8 Å². The van der Waals surface area contributed by atoms with Crippen LogP contribution in [0.3, 0.4) is 0 Å². The Balaban J connectivity index is 1.94. The second-order valence-corrected chi connectivity index (χ2v) is 6.05. The minimum absolute atomic E-state index is 0.435. The SMILES string of the molecule is CCCC1CCC(Nc2ccc(C)c(O)c2C)CC1. The lowest BCUT2D eigenvalue weighted by Crippen LogP contribution is -2.26. The number of hydrogen-bond acceptors (Lipinski definition) is 2. The number of aryl methyl sites for hydroxylation is 1. The van der Waals surface area contributed by atoms with Crippen molar-refractivity contribution in [3.05, 3.63) is 23.3 Å². The number of nitrogens with one attached hydrogen (secondary N) is 1. The van der Waals surface area contributed by atoms with Crippen molar-refractivity contribution in [3.63, 3.8) is 0 Å². The van der Waals surface area contributed by atoms with Crippen LogP contribution in [0.5, 0.6) is 5.75 Å². The van der Waals surface area contributed by atoms with Crippen LogP contribution in [0.15, 0.2) is 12.1 Å². The van der Waals surface area contributed by atoms with Crippen LogP contribution in [0.4, 0.5) is 5.69 Å². The van der Waals surface area contributed by atoms with Gasteiger partial charge in [0.25, 0.3) is 0 Å². The van der Waals surface area contributed by atoms with E-state index in [2.05, 4.69) is 18.3 Å². The highest BCUT2D eigenvalue weighted by Crippen LogP contribution is 2.32. The molecule has 0 aromatic heterocycles. The van der Waals surface area contributed by atoms with E-state index in [0.717, 1.165) is 22.7 Å². The van der Waals surface area contributed by atoms with E-state index >= 15 is 0 Å². The summed E-state index contributed by atoms with van der Waals surface area (Å²) in [5, 5.41) is 13.6. The molecule has 0 unspecified atom stereocenters. The highest BCUT2D eigenvalue weighted by Gasteiger charge is 2.21. The molecule has 0 bridgehead atoms. The van der Waals surface area contributed by atoms with Crippen LogP contribution in [0.25, 0.3) is 0 Å². The first-order chi connectivity index (χ1) is 9.11. The van der Waals surface area contributed by atoms with Crippen LogP contribution in [0.2, 0.25) is 0 Å². The molecule has 2 N–H and O–H groups in total. The van der Waals surface area contributed by atoms with Gasteiger partial charge in [0.15, 0.2) is 0 Å². The lowest BCUT2D eigenvalue weighted by Gasteiger charge is -2.30. The topological polar surface area (TPSA) is 32.3 Å². The summed E-state index contributed by atoms with van der Waals surface area (Å²) in [5.41, 5.74) is 3.03. The van der Waals surface area contributed by atoms with E-state index < -0.39 is 0 Å². The summed E-state index contributed by atoms with van der Waals surface area (Å²) in [5.74, 6) is 1.38. The van der Waals surface area contributed by atoms with Crippen molar-refractivity contribution < 1.29 is 5.11 Å². The normalized spacial score (nSPS) is 23.3. The first-order valence-electron chi connectivity index (χ1n) is 7.67. The molecular weight excluding hydrogens is 234 g/mol. The first kappa shape index (κ1) is 14.2. The van der Waals surface area contributed by atoms with E-state index in [4.69, 9.17) is 0 Å². The third-order valence-corrected chi connectivity index (χ3v) is 4.54. The summed E-state index contributed by atoms with van der Waals surface area (Å²) >= 11 is 0.